The van der Waals surface area contributed by atoms with E-state index in [9.17, 15) is 24.3 Å². The first-order valence-corrected chi connectivity index (χ1v) is 15.9. The van der Waals surface area contributed by atoms with Crippen LogP contribution < -0.4 is 33.2 Å². The van der Waals surface area contributed by atoms with Crippen LogP contribution in [0.1, 0.15) is 55.3 Å². The minimum Gasteiger partial charge on any atom is -0.508 e. The maximum atomic E-state index is 13.1. The Labute approximate surface area is 299 Å². The minimum absolute atomic E-state index is 0.0234. The normalized spacial score (nSPS) is 10.6. The van der Waals surface area contributed by atoms with Gasteiger partial charge < -0.3 is 38.3 Å². The Bertz CT molecular complexity index is 2010. The van der Waals surface area contributed by atoms with Crippen LogP contribution in [-0.2, 0) is 0 Å². The second kappa shape index (κ2) is 16.7. The highest BCUT2D eigenvalue weighted by Gasteiger charge is 2.23. The molecule has 5 aromatic rings. The van der Waals surface area contributed by atoms with Gasteiger partial charge in [-0.2, -0.15) is 0 Å². The van der Waals surface area contributed by atoms with Gasteiger partial charge in [0, 0.05) is 12.1 Å². The van der Waals surface area contributed by atoms with Gasteiger partial charge in [0.05, 0.1) is 37.5 Å². The van der Waals surface area contributed by atoms with Gasteiger partial charge in [0.1, 0.15) is 51.6 Å². The maximum absolute atomic E-state index is 13.1. The zero-order chi connectivity index (χ0) is 37.2. The molecule has 0 unspecified atom stereocenters. The Morgan fingerprint density at radius 1 is 0.500 bits per heavy atom. The molecular formula is C40H34O12. The SMILES string of the molecule is COc1cc(OCC(C)C)cc(OC)c1C(=O)Oc1ccc(C(=O)Oc2ccc(OC(=O)c3ccc(OC(=O)c4ccc(O)cc4)cc3)cc2)cc1. The van der Waals surface area contributed by atoms with Gasteiger partial charge in [-0.1, -0.05) is 13.8 Å². The van der Waals surface area contributed by atoms with Crippen molar-refractivity contribution >= 4 is 23.9 Å². The lowest BCUT2D eigenvalue weighted by Crippen LogP contribution is -2.13. The van der Waals surface area contributed by atoms with Gasteiger partial charge >= 0.3 is 23.9 Å². The highest BCUT2D eigenvalue weighted by atomic mass is 16.6. The van der Waals surface area contributed by atoms with Crippen molar-refractivity contribution in [1.82, 2.24) is 0 Å². The third-order valence-corrected chi connectivity index (χ3v) is 7.22. The monoisotopic (exact) mass is 706 g/mol. The van der Waals surface area contributed by atoms with Gasteiger partial charge in [0.25, 0.3) is 0 Å². The third kappa shape index (κ3) is 9.45. The lowest BCUT2D eigenvalue weighted by Gasteiger charge is -2.16. The van der Waals surface area contributed by atoms with Crippen molar-refractivity contribution in [3.63, 3.8) is 0 Å². The van der Waals surface area contributed by atoms with Gasteiger partial charge in [-0.25, -0.2) is 19.2 Å². The van der Waals surface area contributed by atoms with Crippen LogP contribution in [0.5, 0.6) is 46.0 Å². The van der Waals surface area contributed by atoms with E-state index < -0.39 is 23.9 Å². The predicted molar refractivity (Wildman–Crippen MR) is 187 cm³/mol. The average Bonchev–Trinajstić information content (AvgIpc) is 3.15. The number of benzene rings is 5. The zero-order valence-corrected chi connectivity index (χ0v) is 28.6. The average molecular weight is 707 g/mol. The summed E-state index contributed by atoms with van der Waals surface area (Å²) < 4.78 is 38.2. The molecule has 0 aromatic heterocycles. The molecule has 0 atom stereocenters. The summed E-state index contributed by atoms with van der Waals surface area (Å²) in [4.78, 5) is 50.8. The van der Waals surface area contributed by atoms with Crippen LogP contribution in [0.3, 0.4) is 0 Å². The van der Waals surface area contributed by atoms with Crippen LogP contribution in [0, 0.1) is 5.92 Å². The molecule has 0 fully saturated rings. The smallest absolute Gasteiger partial charge is 0.351 e. The molecule has 52 heavy (non-hydrogen) atoms. The Kier molecular flexibility index (Phi) is 11.7. The summed E-state index contributed by atoms with van der Waals surface area (Å²) in [6, 6.07) is 26.2. The fourth-order valence-corrected chi connectivity index (χ4v) is 4.58. The molecule has 5 rings (SSSR count). The number of hydrogen-bond acceptors (Lipinski definition) is 12. The largest absolute Gasteiger partial charge is 0.508 e. The van der Waals surface area contributed by atoms with E-state index in [-0.39, 0.29) is 62.5 Å². The molecule has 0 spiro atoms. The molecule has 0 amide bonds. The number of rotatable bonds is 13. The molecule has 266 valence electrons. The van der Waals surface area contributed by atoms with E-state index >= 15 is 0 Å². The van der Waals surface area contributed by atoms with E-state index in [4.69, 9.17) is 33.2 Å². The molecule has 12 heteroatoms. The van der Waals surface area contributed by atoms with Crippen LogP contribution in [-0.4, -0.2) is 49.8 Å². The summed E-state index contributed by atoms with van der Waals surface area (Å²) in [5, 5.41) is 9.37. The van der Waals surface area contributed by atoms with E-state index in [0.717, 1.165) is 0 Å². The van der Waals surface area contributed by atoms with Gasteiger partial charge in [-0.05, 0) is 103 Å². The molecule has 0 saturated carbocycles. The molecule has 0 aliphatic heterocycles. The Balaban J connectivity index is 1.14. The lowest BCUT2D eigenvalue weighted by molar-refractivity contribution is 0.0714. The molecule has 12 nitrogen and oxygen atoms in total. The lowest BCUT2D eigenvalue weighted by atomic mass is 10.1. The summed E-state index contributed by atoms with van der Waals surface area (Å²) in [7, 11) is 2.84. The van der Waals surface area contributed by atoms with E-state index in [0.29, 0.717) is 18.3 Å². The van der Waals surface area contributed by atoms with Crippen molar-refractivity contribution in [2.24, 2.45) is 5.92 Å². The zero-order valence-electron chi connectivity index (χ0n) is 28.6. The van der Waals surface area contributed by atoms with E-state index in [2.05, 4.69) is 0 Å². The number of aromatic hydroxyl groups is 1. The van der Waals surface area contributed by atoms with Gasteiger partial charge in [0.15, 0.2) is 0 Å². The number of ether oxygens (including phenoxy) is 7. The number of carbonyl (C=O) groups excluding carboxylic acids is 4. The molecule has 5 aromatic carbocycles. The van der Waals surface area contributed by atoms with Gasteiger partial charge in [-0.3, -0.25) is 0 Å². The Morgan fingerprint density at radius 3 is 1.17 bits per heavy atom. The molecule has 0 aliphatic rings. The number of carbonyl (C=O) groups is 4. The second-order valence-electron chi connectivity index (χ2n) is 11.5. The fourth-order valence-electron chi connectivity index (χ4n) is 4.58. The van der Waals surface area contributed by atoms with Crippen LogP contribution in [0.4, 0.5) is 0 Å². The van der Waals surface area contributed by atoms with E-state index in [1.54, 1.807) is 12.1 Å². The van der Waals surface area contributed by atoms with Crippen molar-refractivity contribution in [2.45, 2.75) is 13.8 Å². The van der Waals surface area contributed by atoms with Crippen molar-refractivity contribution in [3.8, 4) is 46.0 Å². The van der Waals surface area contributed by atoms with Crippen LogP contribution in [0.2, 0.25) is 0 Å². The van der Waals surface area contributed by atoms with Crippen LogP contribution in [0.15, 0.2) is 109 Å². The van der Waals surface area contributed by atoms with Crippen molar-refractivity contribution < 1.29 is 57.4 Å². The quantitative estimate of drug-likeness (QED) is 0.0964. The number of phenolic OH excluding ortho intramolecular Hbond substituents is 1. The topological polar surface area (TPSA) is 153 Å². The molecule has 0 radical (unpaired) electrons. The van der Waals surface area contributed by atoms with E-state index in [1.807, 2.05) is 13.8 Å². The number of esters is 4. The first kappa shape index (κ1) is 36.5. The molecule has 0 heterocycles. The number of phenols is 1. The predicted octanol–water partition coefficient (Wildman–Crippen LogP) is 7.32. The van der Waals surface area contributed by atoms with E-state index in [1.165, 1.54) is 111 Å². The summed E-state index contributed by atoms with van der Waals surface area (Å²) in [5.41, 5.74) is 0.718. The third-order valence-electron chi connectivity index (χ3n) is 7.22. The highest BCUT2D eigenvalue weighted by Crippen LogP contribution is 2.35. The highest BCUT2D eigenvalue weighted by molar-refractivity contribution is 5.98. The first-order valence-electron chi connectivity index (χ1n) is 15.9. The Morgan fingerprint density at radius 2 is 0.827 bits per heavy atom. The molecule has 1 N–H and O–H groups in total. The van der Waals surface area contributed by atoms with Crippen molar-refractivity contribution in [1.29, 1.82) is 0 Å². The summed E-state index contributed by atoms with van der Waals surface area (Å²) >= 11 is 0. The maximum Gasteiger partial charge on any atom is 0.351 e. The molecule has 0 aliphatic carbocycles. The molecule has 0 bridgehead atoms. The molecular weight excluding hydrogens is 672 g/mol. The van der Waals surface area contributed by atoms with Crippen LogP contribution in [0.25, 0.3) is 0 Å². The van der Waals surface area contributed by atoms with Crippen molar-refractivity contribution in [2.75, 3.05) is 20.8 Å². The van der Waals surface area contributed by atoms with Gasteiger partial charge in [-0.15, -0.1) is 0 Å². The summed E-state index contributed by atoms with van der Waals surface area (Å²) in [5.74, 6) is -0.688. The first-order chi connectivity index (χ1) is 25.0. The fraction of sp³-hybridized carbons (Fsp3) is 0.150. The van der Waals surface area contributed by atoms with Crippen LogP contribution >= 0.6 is 0 Å². The molecule has 0 saturated heterocycles. The number of methoxy groups -OCH3 is 2. The standard InChI is InChI=1S/C40H34O12/c1-24(2)23-48-33-21-34(46-3)36(35(22-33)47-4)40(45)52-30-15-9-27(10-16-30)39(44)51-32-19-17-31(18-20-32)50-38(43)26-7-13-29(14-8-26)49-37(42)25-5-11-28(41)12-6-25/h5-22,24,41H,23H2,1-4H3. The van der Waals surface area contributed by atoms with Crippen molar-refractivity contribution in [3.05, 3.63) is 131 Å². The number of hydrogen-bond donors (Lipinski definition) is 1. The minimum atomic E-state index is -0.732. The second-order valence-corrected chi connectivity index (χ2v) is 11.5. The Hall–Kier alpha value is -6.82. The van der Waals surface area contributed by atoms with Gasteiger partial charge in [0.2, 0.25) is 0 Å². The summed E-state index contributed by atoms with van der Waals surface area (Å²) in [6.07, 6.45) is 0. The summed E-state index contributed by atoms with van der Waals surface area (Å²) in [6.45, 7) is 4.50.